The first-order chi connectivity index (χ1) is 17.5. The van der Waals surface area contributed by atoms with Gasteiger partial charge in [0.25, 0.3) is 11.5 Å². The number of aromatic amines is 1. The Kier molecular flexibility index (Phi) is 7.68. The summed E-state index contributed by atoms with van der Waals surface area (Å²) >= 11 is 5.87. The SMILES string of the molecule is CC(C)(C)OC(=O)N1CCC(c2cc(=O)[nH]c3c(C(=O)NCC(=O)Cc4ccc(Cl)cc4)cnn23)CC1. The van der Waals surface area contributed by atoms with E-state index in [-0.39, 0.29) is 47.5 Å². The standard InChI is InChI=1S/C26H30ClN5O5/c1-26(2,3)37-25(36)31-10-8-17(9-11-31)21-13-22(34)30-23-20(15-29-32(21)23)24(35)28-14-19(33)12-16-4-6-18(27)7-5-16/h4-7,13,15,17H,8-12,14H2,1-3H3,(H,28,35)(H,30,34). The van der Waals surface area contributed by atoms with Crippen LogP contribution in [0.1, 0.15) is 61.1 Å². The number of piperidine rings is 1. The molecule has 4 rings (SSSR count). The molecule has 10 nitrogen and oxygen atoms in total. The number of benzene rings is 1. The predicted molar refractivity (Wildman–Crippen MR) is 138 cm³/mol. The van der Waals surface area contributed by atoms with Gasteiger partial charge < -0.3 is 19.9 Å². The number of carbonyl (C=O) groups is 3. The van der Waals surface area contributed by atoms with Gasteiger partial charge in [0.1, 0.15) is 16.8 Å². The van der Waals surface area contributed by atoms with Crippen molar-refractivity contribution >= 4 is 35.0 Å². The molecule has 0 radical (unpaired) electrons. The molecule has 2 aromatic heterocycles. The molecule has 2 amide bonds. The van der Waals surface area contributed by atoms with Crippen molar-refractivity contribution in [3.05, 3.63) is 68.7 Å². The first kappa shape index (κ1) is 26.4. The Labute approximate surface area is 218 Å². The van der Waals surface area contributed by atoms with Crippen LogP contribution in [-0.4, -0.2) is 62.5 Å². The lowest BCUT2D eigenvalue weighted by Gasteiger charge is -2.33. The number of hydrogen-bond donors (Lipinski definition) is 2. The van der Waals surface area contributed by atoms with E-state index in [1.807, 2.05) is 20.8 Å². The number of fused-ring (bicyclic) bond motifs is 1. The van der Waals surface area contributed by atoms with Gasteiger partial charge in [-0.25, -0.2) is 9.31 Å². The molecule has 1 aliphatic rings. The minimum Gasteiger partial charge on any atom is -0.444 e. The molecule has 11 heteroatoms. The first-order valence-electron chi connectivity index (χ1n) is 12.1. The number of hydrogen-bond acceptors (Lipinski definition) is 6. The fraction of sp³-hybridized carbons (Fsp3) is 0.423. The Morgan fingerprint density at radius 1 is 1.16 bits per heavy atom. The van der Waals surface area contributed by atoms with Crippen molar-refractivity contribution in [1.82, 2.24) is 24.8 Å². The molecular formula is C26H30ClN5O5. The zero-order valence-electron chi connectivity index (χ0n) is 21.0. The third-order valence-electron chi connectivity index (χ3n) is 6.10. The summed E-state index contributed by atoms with van der Waals surface area (Å²) in [6.45, 7) is 6.28. The molecule has 1 fully saturated rings. The third kappa shape index (κ3) is 6.56. The third-order valence-corrected chi connectivity index (χ3v) is 6.36. The van der Waals surface area contributed by atoms with Crippen LogP contribution < -0.4 is 10.9 Å². The highest BCUT2D eigenvalue weighted by atomic mass is 35.5. The molecule has 1 saturated heterocycles. The lowest BCUT2D eigenvalue weighted by atomic mass is 9.93. The van der Waals surface area contributed by atoms with Gasteiger partial charge in [-0.1, -0.05) is 23.7 Å². The second-order valence-electron chi connectivity index (χ2n) is 10.1. The highest BCUT2D eigenvalue weighted by molar-refractivity contribution is 6.30. The summed E-state index contributed by atoms with van der Waals surface area (Å²) in [6.07, 6.45) is 2.43. The van der Waals surface area contributed by atoms with Gasteiger partial charge in [0.05, 0.1) is 18.4 Å². The quantitative estimate of drug-likeness (QED) is 0.506. The fourth-order valence-corrected chi connectivity index (χ4v) is 4.45. The van der Waals surface area contributed by atoms with Gasteiger partial charge in [0, 0.05) is 36.5 Å². The number of likely N-dealkylation sites (tertiary alicyclic amines) is 1. The number of H-pyrrole nitrogens is 1. The van der Waals surface area contributed by atoms with E-state index in [4.69, 9.17) is 16.3 Å². The Morgan fingerprint density at radius 2 is 1.84 bits per heavy atom. The number of aromatic nitrogens is 3. The van der Waals surface area contributed by atoms with E-state index in [0.29, 0.717) is 36.6 Å². The Bertz CT molecular complexity index is 1360. The minimum absolute atomic E-state index is 0.0275. The number of carbonyl (C=O) groups excluding carboxylic acids is 3. The molecule has 3 aromatic rings. The number of nitrogens with zero attached hydrogens (tertiary/aromatic N) is 3. The molecule has 3 heterocycles. The van der Waals surface area contributed by atoms with E-state index in [1.165, 1.54) is 12.3 Å². The van der Waals surface area contributed by atoms with Crippen molar-refractivity contribution in [2.24, 2.45) is 0 Å². The molecule has 196 valence electrons. The van der Waals surface area contributed by atoms with Gasteiger partial charge in [0.2, 0.25) is 0 Å². The molecule has 0 saturated carbocycles. The second-order valence-corrected chi connectivity index (χ2v) is 10.6. The van der Waals surface area contributed by atoms with Gasteiger partial charge in [0.15, 0.2) is 5.78 Å². The van der Waals surface area contributed by atoms with Crippen molar-refractivity contribution < 1.29 is 19.1 Å². The summed E-state index contributed by atoms with van der Waals surface area (Å²) in [6, 6.07) is 8.41. The van der Waals surface area contributed by atoms with Crippen molar-refractivity contribution in [1.29, 1.82) is 0 Å². The second kappa shape index (κ2) is 10.8. The number of halogens is 1. The zero-order valence-corrected chi connectivity index (χ0v) is 21.8. The number of ether oxygens (including phenoxy) is 1. The van der Waals surface area contributed by atoms with Crippen molar-refractivity contribution in [3.8, 4) is 0 Å². The number of nitrogens with one attached hydrogen (secondary N) is 2. The molecule has 0 spiro atoms. The summed E-state index contributed by atoms with van der Waals surface area (Å²) in [5.41, 5.74) is 0.973. The number of rotatable bonds is 6. The molecular weight excluding hydrogens is 498 g/mol. The van der Waals surface area contributed by atoms with E-state index >= 15 is 0 Å². The van der Waals surface area contributed by atoms with E-state index in [2.05, 4.69) is 15.4 Å². The summed E-state index contributed by atoms with van der Waals surface area (Å²) in [4.78, 5) is 54.4. The molecule has 0 bridgehead atoms. The predicted octanol–water partition coefficient (Wildman–Crippen LogP) is 3.33. The summed E-state index contributed by atoms with van der Waals surface area (Å²) < 4.78 is 7.01. The fourth-order valence-electron chi connectivity index (χ4n) is 4.32. The maximum Gasteiger partial charge on any atom is 0.410 e. The maximum absolute atomic E-state index is 12.8. The molecule has 37 heavy (non-hydrogen) atoms. The van der Waals surface area contributed by atoms with Crippen molar-refractivity contribution in [2.45, 2.75) is 51.6 Å². The van der Waals surface area contributed by atoms with Crippen LogP contribution >= 0.6 is 11.6 Å². The van der Waals surface area contributed by atoms with E-state index in [9.17, 15) is 19.2 Å². The highest BCUT2D eigenvalue weighted by Crippen LogP contribution is 2.28. The van der Waals surface area contributed by atoms with Gasteiger partial charge in [-0.3, -0.25) is 14.4 Å². The van der Waals surface area contributed by atoms with Gasteiger partial charge in [-0.2, -0.15) is 5.10 Å². The molecule has 0 unspecified atom stereocenters. The van der Waals surface area contributed by atoms with Crippen LogP contribution in [0.4, 0.5) is 4.79 Å². The lowest BCUT2D eigenvalue weighted by Crippen LogP contribution is -2.41. The van der Waals surface area contributed by atoms with Crippen molar-refractivity contribution in [3.63, 3.8) is 0 Å². The lowest BCUT2D eigenvalue weighted by molar-refractivity contribution is -0.117. The van der Waals surface area contributed by atoms with E-state index < -0.39 is 11.5 Å². The van der Waals surface area contributed by atoms with Crippen LogP contribution in [0, 0.1) is 0 Å². The van der Waals surface area contributed by atoms with E-state index in [1.54, 1.807) is 33.7 Å². The first-order valence-corrected chi connectivity index (χ1v) is 12.5. The van der Waals surface area contributed by atoms with E-state index in [0.717, 1.165) is 5.56 Å². The normalized spacial score (nSPS) is 14.5. The minimum atomic E-state index is -0.570. The number of Topliss-reactive ketones (excluding diaryl/α,β-unsaturated/α-hetero) is 1. The smallest absolute Gasteiger partial charge is 0.410 e. The topological polar surface area (TPSA) is 126 Å². The molecule has 0 atom stereocenters. The van der Waals surface area contributed by atoms with Crippen LogP contribution in [0.3, 0.4) is 0 Å². The Hall–Kier alpha value is -3.66. The average molecular weight is 528 g/mol. The van der Waals surface area contributed by atoms with Gasteiger partial charge >= 0.3 is 6.09 Å². The number of ketones is 1. The maximum atomic E-state index is 12.8. The monoisotopic (exact) mass is 527 g/mol. The largest absolute Gasteiger partial charge is 0.444 e. The van der Waals surface area contributed by atoms with Crippen LogP contribution in [0.25, 0.3) is 5.65 Å². The van der Waals surface area contributed by atoms with Crippen LogP contribution in [0.5, 0.6) is 0 Å². The Balaban J connectivity index is 1.42. The van der Waals surface area contributed by atoms with Crippen LogP contribution in [0.15, 0.2) is 41.3 Å². The summed E-state index contributed by atoms with van der Waals surface area (Å²) in [7, 11) is 0. The van der Waals surface area contributed by atoms with Crippen LogP contribution in [-0.2, 0) is 16.0 Å². The number of amides is 2. The average Bonchev–Trinajstić information content (AvgIpc) is 3.26. The summed E-state index contributed by atoms with van der Waals surface area (Å²) in [5.74, 6) is -0.703. The zero-order chi connectivity index (χ0) is 26.7. The molecule has 1 aliphatic heterocycles. The van der Waals surface area contributed by atoms with Gasteiger partial charge in [-0.15, -0.1) is 0 Å². The van der Waals surface area contributed by atoms with Crippen molar-refractivity contribution in [2.75, 3.05) is 19.6 Å². The highest BCUT2D eigenvalue weighted by Gasteiger charge is 2.29. The molecule has 2 N–H and O–H groups in total. The van der Waals surface area contributed by atoms with Gasteiger partial charge in [-0.05, 0) is 51.3 Å². The Morgan fingerprint density at radius 3 is 2.49 bits per heavy atom. The molecule has 0 aliphatic carbocycles. The summed E-state index contributed by atoms with van der Waals surface area (Å²) in [5, 5.41) is 7.54. The molecule has 1 aromatic carbocycles. The van der Waals surface area contributed by atoms with Crippen LogP contribution in [0.2, 0.25) is 5.02 Å².